The predicted molar refractivity (Wildman–Crippen MR) is 87.7 cm³/mol. The zero-order chi connectivity index (χ0) is 15.4. The van der Waals surface area contributed by atoms with E-state index in [-0.39, 0.29) is 0 Å². The van der Waals surface area contributed by atoms with Crippen molar-refractivity contribution >= 4 is 0 Å². The number of hydrogen-bond acceptors (Lipinski definition) is 3. The van der Waals surface area contributed by atoms with Crippen molar-refractivity contribution in [3.05, 3.63) is 22.9 Å². The van der Waals surface area contributed by atoms with E-state index < -0.39 is 0 Å². The highest BCUT2D eigenvalue weighted by Gasteiger charge is 2.26. The topological polar surface area (TPSA) is 34.2 Å². The maximum Gasteiger partial charge on any atom is 0.218 e. The molecule has 0 aromatic carbocycles. The van der Waals surface area contributed by atoms with Gasteiger partial charge in [-0.25, -0.2) is 4.98 Å². The second-order valence-corrected chi connectivity index (χ2v) is 6.80. The average Bonchev–Trinajstić information content (AvgIpc) is 2.36. The number of pyridine rings is 1. The predicted octanol–water partition coefficient (Wildman–Crippen LogP) is 4.01. The summed E-state index contributed by atoms with van der Waals surface area (Å²) in [5, 5.41) is 3.40. The van der Waals surface area contributed by atoms with Gasteiger partial charge in [0.15, 0.2) is 0 Å². The normalized spacial score (nSPS) is 25.9. The third kappa shape index (κ3) is 4.44. The summed E-state index contributed by atoms with van der Waals surface area (Å²) in [5.41, 5.74) is 3.53. The SMILES string of the molecule is CCNCc1c(C)cc(C)nc1OC1CC(C)CC(C)C1. The van der Waals surface area contributed by atoms with Crippen LogP contribution in [0.5, 0.6) is 5.88 Å². The van der Waals surface area contributed by atoms with Gasteiger partial charge in [0.1, 0.15) is 6.10 Å². The molecule has 1 heterocycles. The molecule has 0 radical (unpaired) electrons. The first kappa shape index (κ1) is 16.3. The number of nitrogens with one attached hydrogen (secondary N) is 1. The molecule has 0 spiro atoms. The van der Waals surface area contributed by atoms with Crippen molar-refractivity contribution in [1.82, 2.24) is 10.3 Å². The lowest BCUT2D eigenvalue weighted by atomic mass is 9.82. The van der Waals surface area contributed by atoms with Gasteiger partial charge in [-0.1, -0.05) is 20.8 Å². The molecule has 1 aliphatic carbocycles. The van der Waals surface area contributed by atoms with Crippen LogP contribution in [-0.2, 0) is 6.54 Å². The number of nitrogens with zero attached hydrogens (tertiary/aromatic N) is 1. The van der Waals surface area contributed by atoms with Crippen molar-refractivity contribution < 1.29 is 4.74 Å². The monoisotopic (exact) mass is 290 g/mol. The summed E-state index contributed by atoms with van der Waals surface area (Å²) in [7, 11) is 0. The minimum Gasteiger partial charge on any atom is -0.474 e. The Balaban J connectivity index is 2.17. The summed E-state index contributed by atoms with van der Waals surface area (Å²) in [5.74, 6) is 2.35. The molecule has 1 aromatic heterocycles. The summed E-state index contributed by atoms with van der Waals surface area (Å²) >= 11 is 0. The molecule has 0 bridgehead atoms. The number of hydrogen-bond donors (Lipinski definition) is 1. The van der Waals surface area contributed by atoms with Gasteiger partial charge in [0, 0.05) is 17.8 Å². The molecule has 0 aliphatic heterocycles. The van der Waals surface area contributed by atoms with Crippen molar-refractivity contribution in [1.29, 1.82) is 0 Å². The summed E-state index contributed by atoms with van der Waals surface area (Å²) < 4.78 is 6.33. The van der Waals surface area contributed by atoms with Crippen LogP contribution in [0.4, 0.5) is 0 Å². The second kappa shape index (κ2) is 7.26. The van der Waals surface area contributed by atoms with E-state index in [1.54, 1.807) is 0 Å². The van der Waals surface area contributed by atoms with E-state index in [0.29, 0.717) is 6.10 Å². The molecule has 0 saturated heterocycles. The van der Waals surface area contributed by atoms with Crippen LogP contribution in [0, 0.1) is 25.7 Å². The van der Waals surface area contributed by atoms with Crippen LogP contribution in [0.2, 0.25) is 0 Å². The zero-order valence-electron chi connectivity index (χ0n) is 14.2. The molecule has 1 aliphatic rings. The Morgan fingerprint density at radius 2 is 1.86 bits per heavy atom. The van der Waals surface area contributed by atoms with Crippen LogP contribution in [0.3, 0.4) is 0 Å². The summed E-state index contributed by atoms with van der Waals surface area (Å²) in [6.07, 6.45) is 3.95. The first-order valence-electron chi connectivity index (χ1n) is 8.34. The Bertz CT molecular complexity index is 463. The maximum atomic E-state index is 6.33. The Kier molecular flexibility index (Phi) is 5.63. The third-order valence-corrected chi connectivity index (χ3v) is 4.40. The lowest BCUT2D eigenvalue weighted by Crippen LogP contribution is -2.29. The molecule has 2 rings (SSSR count). The van der Waals surface area contributed by atoms with Crippen molar-refractivity contribution in [2.45, 2.75) is 66.5 Å². The quantitative estimate of drug-likeness (QED) is 0.889. The number of aryl methyl sites for hydroxylation is 2. The van der Waals surface area contributed by atoms with Gasteiger partial charge in [-0.05, 0) is 63.1 Å². The van der Waals surface area contributed by atoms with Crippen LogP contribution in [0.15, 0.2) is 6.07 Å². The van der Waals surface area contributed by atoms with E-state index in [9.17, 15) is 0 Å². The van der Waals surface area contributed by atoms with Gasteiger partial charge < -0.3 is 10.1 Å². The fourth-order valence-corrected chi connectivity index (χ4v) is 3.52. The fraction of sp³-hybridized carbons (Fsp3) is 0.722. The number of rotatable bonds is 5. The Hall–Kier alpha value is -1.09. The smallest absolute Gasteiger partial charge is 0.218 e. The molecule has 1 fully saturated rings. The van der Waals surface area contributed by atoms with Crippen LogP contribution in [0.1, 0.15) is 56.9 Å². The highest BCUT2D eigenvalue weighted by Crippen LogP contribution is 2.32. The molecule has 2 unspecified atom stereocenters. The van der Waals surface area contributed by atoms with E-state index in [2.05, 4.69) is 44.1 Å². The molecular formula is C18H30N2O. The lowest BCUT2D eigenvalue weighted by molar-refractivity contribution is 0.0953. The van der Waals surface area contributed by atoms with Gasteiger partial charge in [0.2, 0.25) is 5.88 Å². The van der Waals surface area contributed by atoms with Gasteiger partial charge in [-0.3, -0.25) is 0 Å². The molecule has 118 valence electrons. The minimum absolute atomic E-state index is 0.317. The Morgan fingerprint density at radius 1 is 1.19 bits per heavy atom. The zero-order valence-corrected chi connectivity index (χ0v) is 14.2. The van der Waals surface area contributed by atoms with E-state index in [4.69, 9.17) is 4.74 Å². The molecule has 3 heteroatoms. The summed E-state index contributed by atoms with van der Waals surface area (Å²) in [6, 6.07) is 2.14. The molecule has 2 atom stereocenters. The average molecular weight is 290 g/mol. The number of aromatic nitrogens is 1. The molecule has 1 saturated carbocycles. The summed E-state index contributed by atoms with van der Waals surface area (Å²) in [4.78, 5) is 4.67. The van der Waals surface area contributed by atoms with Crippen LogP contribution in [-0.4, -0.2) is 17.6 Å². The van der Waals surface area contributed by atoms with E-state index >= 15 is 0 Å². The summed E-state index contributed by atoms with van der Waals surface area (Å²) in [6.45, 7) is 12.8. The van der Waals surface area contributed by atoms with E-state index in [0.717, 1.165) is 49.3 Å². The molecule has 0 amide bonds. The van der Waals surface area contributed by atoms with Gasteiger partial charge >= 0.3 is 0 Å². The van der Waals surface area contributed by atoms with Crippen molar-refractivity contribution in [3.8, 4) is 5.88 Å². The van der Waals surface area contributed by atoms with Crippen molar-refractivity contribution in [3.63, 3.8) is 0 Å². The Labute approximate surface area is 129 Å². The first-order chi connectivity index (χ1) is 9.99. The van der Waals surface area contributed by atoms with E-state index in [1.807, 2.05) is 6.92 Å². The first-order valence-corrected chi connectivity index (χ1v) is 8.34. The maximum absolute atomic E-state index is 6.33. The second-order valence-electron chi connectivity index (χ2n) is 6.80. The molecule has 1 aromatic rings. The standard InChI is InChI=1S/C18H30N2O/c1-6-19-11-17-14(4)10-15(5)20-18(17)21-16-8-12(2)7-13(3)9-16/h10,12-13,16,19H,6-9,11H2,1-5H3. The van der Waals surface area contributed by atoms with Crippen molar-refractivity contribution in [2.24, 2.45) is 11.8 Å². The van der Waals surface area contributed by atoms with Gasteiger partial charge in [0.05, 0.1) is 0 Å². The van der Waals surface area contributed by atoms with Gasteiger partial charge in [-0.15, -0.1) is 0 Å². The van der Waals surface area contributed by atoms with Crippen molar-refractivity contribution in [2.75, 3.05) is 6.54 Å². The Morgan fingerprint density at radius 3 is 2.48 bits per heavy atom. The van der Waals surface area contributed by atoms with Crippen LogP contribution in [0.25, 0.3) is 0 Å². The third-order valence-electron chi connectivity index (χ3n) is 4.40. The lowest BCUT2D eigenvalue weighted by Gasteiger charge is -2.32. The van der Waals surface area contributed by atoms with Gasteiger partial charge in [0.25, 0.3) is 0 Å². The fourth-order valence-electron chi connectivity index (χ4n) is 3.52. The molecule has 1 N–H and O–H groups in total. The van der Waals surface area contributed by atoms with Crippen LogP contribution < -0.4 is 10.1 Å². The molecular weight excluding hydrogens is 260 g/mol. The van der Waals surface area contributed by atoms with Crippen LogP contribution >= 0.6 is 0 Å². The molecule has 3 nitrogen and oxygen atoms in total. The number of ether oxygens (including phenoxy) is 1. The largest absolute Gasteiger partial charge is 0.474 e. The highest BCUT2D eigenvalue weighted by molar-refractivity contribution is 5.36. The van der Waals surface area contributed by atoms with Gasteiger partial charge in [-0.2, -0.15) is 0 Å². The molecule has 21 heavy (non-hydrogen) atoms. The van der Waals surface area contributed by atoms with E-state index in [1.165, 1.54) is 17.5 Å². The highest BCUT2D eigenvalue weighted by atomic mass is 16.5. The minimum atomic E-state index is 0.317.